The van der Waals surface area contributed by atoms with Gasteiger partial charge >= 0.3 is 0 Å². The summed E-state index contributed by atoms with van der Waals surface area (Å²) in [5, 5.41) is 0. The number of sulfonamides is 1. The Labute approximate surface area is 153 Å². The van der Waals surface area contributed by atoms with E-state index >= 15 is 0 Å². The van der Waals surface area contributed by atoms with Crippen LogP contribution in [0.15, 0.2) is 47.4 Å². The number of hydrogen-bond acceptors (Lipinski definition) is 4. The molecule has 0 saturated carbocycles. The topological polar surface area (TPSA) is 75.7 Å². The van der Waals surface area contributed by atoms with Crippen molar-refractivity contribution in [1.82, 2.24) is 4.72 Å². The minimum absolute atomic E-state index is 0.0903. The van der Waals surface area contributed by atoms with E-state index < -0.39 is 16.1 Å². The van der Waals surface area contributed by atoms with Crippen LogP contribution < -0.4 is 14.4 Å². The maximum Gasteiger partial charge on any atom is 0.240 e. The van der Waals surface area contributed by atoms with Crippen LogP contribution in [0.4, 0.5) is 5.69 Å². The summed E-state index contributed by atoms with van der Waals surface area (Å²) >= 11 is 0. The summed E-state index contributed by atoms with van der Waals surface area (Å²) in [6.45, 7) is 4.08. The molecule has 2 aromatic carbocycles. The number of nitrogens with zero attached hydrogens (tertiary/aromatic N) is 1. The van der Waals surface area contributed by atoms with Gasteiger partial charge in [-0.05, 0) is 49.7 Å². The molecule has 1 N–H and O–H groups in total. The molecular weight excluding hydrogens is 352 g/mol. The molecule has 6 nitrogen and oxygen atoms in total. The number of carbonyl (C=O) groups excluding carboxylic acids is 1. The second-order valence-corrected chi connectivity index (χ2v) is 8.21. The summed E-state index contributed by atoms with van der Waals surface area (Å²) < 4.78 is 33.1. The molecule has 1 amide bonds. The van der Waals surface area contributed by atoms with Crippen LogP contribution in [0.3, 0.4) is 0 Å². The molecule has 1 unspecified atom stereocenters. The lowest BCUT2D eigenvalue weighted by atomic mass is 10.2. The van der Waals surface area contributed by atoms with Gasteiger partial charge in [0.1, 0.15) is 5.75 Å². The van der Waals surface area contributed by atoms with E-state index in [1.165, 1.54) is 6.07 Å². The van der Waals surface area contributed by atoms with Gasteiger partial charge in [0, 0.05) is 24.7 Å². The molecule has 0 radical (unpaired) electrons. The number of benzene rings is 2. The third-order valence-corrected chi connectivity index (χ3v) is 5.99. The van der Waals surface area contributed by atoms with E-state index in [0.29, 0.717) is 12.3 Å². The van der Waals surface area contributed by atoms with Gasteiger partial charge in [0.2, 0.25) is 15.9 Å². The molecule has 0 aliphatic carbocycles. The molecule has 1 atom stereocenters. The van der Waals surface area contributed by atoms with Crippen LogP contribution in [0.1, 0.15) is 17.5 Å². The van der Waals surface area contributed by atoms with Crippen molar-refractivity contribution in [2.75, 3.05) is 18.6 Å². The van der Waals surface area contributed by atoms with Crippen LogP contribution in [-0.2, 0) is 14.8 Å². The van der Waals surface area contributed by atoms with Crippen LogP contribution in [0, 0.1) is 13.8 Å². The second-order valence-electron chi connectivity index (χ2n) is 6.49. The van der Waals surface area contributed by atoms with Gasteiger partial charge in [0.05, 0.1) is 12.0 Å². The molecule has 7 heteroatoms. The lowest BCUT2D eigenvalue weighted by Crippen LogP contribution is -2.37. The van der Waals surface area contributed by atoms with Crippen LogP contribution in [0.25, 0.3) is 0 Å². The van der Waals surface area contributed by atoms with Crippen molar-refractivity contribution in [3.8, 4) is 5.75 Å². The zero-order valence-corrected chi connectivity index (χ0v) is 15.8. The first-order chi connectivity index (χ1) is 12.3. The summed E-state index contributed by atoms with van der Waals surface area (Å²) in [6, 6.07) is 11.8. The maximum absolute atomic E-state index is 12.7. The highest BCUT2D eigenvalue weighted by molar-refractivity contribution is 7.89. The van der Waals surface area contributed by atoms with Gasteiger partial charge in [-0.3, -0.25) is 4.79 Å². The van der Waals surface area contributed by atoms with Gasteiger partial charge in [-0.2, -0.15) is 0 Å². The van der Waals surface area contributed by atoms with Crippen LogP contribution in [0.2, 0.25) is 0 Å². The normalized spacial score (nSPS) is 17.6. The Bertz CT molecular complexity index is 923. The number of hydrogen-bond donors (Lipinski definition) is 1. The lowest BCUT2D eigenvalue weighted by Gasteiger charge is -2.17. The molecule has 1 heterocycles. The van der Waals surface area contributed by atoms with Crippen molar-refractivity contribution in [1.29, 1.82) is 0 Å². The van der Waals surface area contributed by atoms with Gasteiger partial charge < -0.3 is 9.64 Å². The lowest BCUT2D eigenvalue weighted by molar-refractivity contribution is -0.117. The quantitative estimate of drug-likeness (QED) is 0.872. The van der Waals surface area contributed by atoms with Crippen molar-refractivity contribution in [3.05, 3.63) is 53.6 Å². The first-order valence-electron chi connectivity index (χ1n) is 8.34. The van der Waals surface area contributed by atoms with Gasteiger partial charge in [0.25, 0.3) is 0 Å². The fourth-order valence-corrected chi connectivity index (χ4v) is 4.38. The third-order valence-electron chi connectivity index (χ3n) is 4.47. The van der Waals surface area contributed by atoms with Gasteiger partial charge in [-0.1, -0.05) is 17.7 Å². The van der Waals surface area contributed by atoms with Gasteiger partial charge in [0.15, 0.2) is 0 Å². The highest BCUT2D eigenvalue weighted by atomic mass is 32.2. The molecule has 1 aliphatic heterocycles. The van der Waals surface area contributed by atoms with Gasteiger partial charge in [-0.15, -0.1) is 0 Å². The van der Waals surface area contributed by atoms with Crippen LogP contribution in [0.5, 0.6) is 5.75 Å². The number of aryl methyl sites for hydroxylation is 2. The Hall–Kier alpha value is -2.38. The highest BCUT2D eigenvalue weighted by Gasteiger charge is 2.33. The monoisotopic (exact) mass is 374 g/mol. The molecule has 0 aromatic heterocycles. The highest BCUT2D eigenvalue weighted by Crippen LogP contribution is 2.25. The predicted octanol–water partition coefficient (Wildman–Crippen LogP) is 2.40. The van der Waals surface area contributed by atoms with Crippen LogP contribution >= 0.6 is 0 Å². The van der Waals surface area contributed by atoms with Crippen molar-refractivity contribution < 1.29 is 17.9 Å². The third kappa shape index (κ3) is 3.73. The summed E-state index contributed by atoms with van der Waals surface area (Å²) in [6.07, 6.45) is 0.141. The summed E-state index contributed by atoms with van der Waals surface area (Å²) in [5.41, 5.74) is 2.62. The smallest absolute Gasteiger partial charge is 0.240 e. The molecule has 1 aliphatic rings. The van der Waals surface area contributed by atoms with Crippen molar-refractivity contribution in [3.63, 3.8) is 0 Å². The molecule has 0 spiro atoms. The van der Waals surface area contributed by atoms with E-state index in [2.05, 4.69) is 4.72 Å². The SMILES string of the molecule is COc1ccc(S(=O)(=O)NC2CC(=O)N(c3ccc(C)cc3)C2)cc1C. The van der Waals surface area contributed by atoms with E-state index in [0.717, 1.165) is 16.8 Å². The Kier molecular flexibility index (Phi) is 5.02. The molecule has 0 bridgehead atoms. The van der Waals surface area contributed by atoms with E-state index in [-0.39, 0.29) is 17.2 Å². The molecule has 1 saturated heterocycles. The van der Waals surface area contributed by atoms with Crippen molar-refractivity contribution in [2.24, 2.45) is 0 Å². The minimum Gasteiger partial charge on any atom is -0.496 e. The molecular formula is C19H22N2O4S. The number of rotatable bonds is 5. The fraction of sp³-hybridized carbons (Fsp3) is 0.316. The average Bonchev–Trinajstić information content (AvgIpc) is 2.95. The number of nitrogens with one attached hydrogen (secondary N) is 1. The second kappa shape index (κ2) is 7.09. The van der Waals surface area contributed by atoms with E-state index in [4.69, 9.17) is 4.74 Å². The first-order valence-corrected chi connectivity index (χ1v) is 9.82. The Morgan fingerprint density at radius 2 is 1.81 bits per heavy atom. The average molecular weight is 374 g/mol. The fourth-order valence-electron chi connectivity index (χ4n) is 3.07. The van der Waals surface area contributed by atoms with Crippen molar-refractivity contribution >= 4 is 21.6 Å². The number of ether oxygens (including phenoxy) is 1. The van der Waals surface area contributed by atoms with Gasteiger partial charge in [-0.25, -0.2) is 13.1 Å². The van der Waals surface area contributed by atoms with Crippen LogP contribution in [-0.4, -0.2) is 34.0 Å². The maximum atomic E-state index is 12.7. The first kappa shape index (κ1) is 18.4. The number of anilines is 1. The zero-order valence-electron chi connectivity index (χ0n) is 15.0. The summed E-state index contributed by atoms with van der Waals surface area (Å²) in [7, 11) is -2.17. The molecule has 26 heavy (non-hydrogen) atoms. The largest absolute Gasteiger partial charge is 0.496 e. The molecule has 3 rings (SSSR count). The molecule has 1 fully saturated rings. The number of methoxy groups -OCH3 is 1. The summed E-state index contributed by atoms with van der Waals surface area (Å²) in [5.74, 6) is 0.540. The number of carbonyl (C=O) groups is 1. The minimum atomic E-state index is -3.71. The Morgan fingerprint density at radius 3 is 2.42 bits per heavy atom. The summed E-state index contributed by atoms with van der Waals surface area (Å²) in [4.78, 5) is 14.1. The Morgan fingerprint density at radius 1 is 1.12 bits per heavy atom. The van der Waals surface area contributed by atoms with E-state index in [1.54, 1.807) is 31.1 Å². The van der Waals surface area contributed by atoms with E-state index in [1.807, 2.05) is 31.2 Å². The molecule has 2 aromatic rings. The standard InChI is InChI=1S/C19H22N2O4S/c1-13-4-6-16(7-5-13)21-12-15(11-19(21)22)20-26(23,24)17-8-9-18(25-3)14(2)10-17/h4-10,15,20H,11-12H2,1-3H3. The van der Waals surface area contributed by atoms with E-state index in [9.17, 15) is 13.2 Å². The zero-order chi connectivity index (χ0) is 18.9. The van der Waals surface area contributed by atoms with Crippen molar-refractivity contribution in [2.45, 2.75) is 31.2 Å². The predicted molar refractivity (Wildman–Crippen MR) is 100.0 cm³/mol. The number of amides is 1. The molecule has 138 valence electrons. The Balaban J connectivity index is 1.75.